The van der Waals surface area contributed by atoms with Crippen molar-refractivity contribution in [2.24, 2.45) is 0 Å². The van der Waals surface area contributed by atoms with Gasteiger partial charge in [-0.25, -0.2) is 4.79 Å². The Kier molecular flexibility index (Phi) is 6.60. The standard InChI is InChI=1S/C16H12Br2INO3/c17-11-5-10(6-12(18)8-11)15(21)20-14(16(22)23)7-9-3-1-2-4-13(9)19/h1-6,8,14H,7H2,(H,20,21)(H,22,23)/t14-/m0/s1. The normalized spacial score (nSPS) is 11.8. The predicted molar refractivity (Wildman–Crippen MR) is 104 cm³/mol. The van der Waals surface area contributed by atoms with Gasteiger partial charge in [0.25, 0.3) is 5.91 Å². The van der Waals surface area contributed by atoms with E-state index in [2.05, 4.69) is 59.8 Å². The molecule has 1 atom stereocenters. The summed E-state index contributed by atoms with van der Waals surface area (Å²) in [6.07, 6.45) is 0.232. The van der Waals surface area contributed by atoms with Crippen LogP contribution in [0.1, 0.15) is 15.9 Å². The first-order valence-electron chi connectivity index (χ1n) is 6.60. The molecule has 7 heteroatoms. The average Bonchev–Trinajstić information content (AvgIpc) is 2.47. The summed E-state index contributed by atoms with van der Waals surface area (Å²) >= 11 is 8.78. The maximum absolute atomic E-state index is 12.3. The van der Waals surface area contributed by atoms with Crippen molar-refractivity contribution < 1.29 is 14.7 Å². The second-order valence-corrected chi connectivity index (χ2v) is 7.81. The highest BCUT2D eigenvalue weighted by Gasteiger charge is 2.22. The Morgan fingerprint density at radius 1 is 1.13 bits per heavy atom. The number of amides is 1. The van der Waals surface area contributed by atoms with Gasteiger partial charge in [0, 0.05) is 24.5 Å². The minimum atomic E-state index is -1.06. The summed E-state index contributed by atoms with van der Waals surface area (Å²) in [6.45, 7) is 0. The maximum Gasteiger partial charge on any atom is 0.326 e. The molecule has 4 nitrogen and oxygen atoms in total. The minimum Gasteiger partial charge on any atom is -0.480 e. The summed E-state index contributed by atoms with van der Waals surface area (Å²) in [5, 5.41) is 12.0. The van der Waals surface area contributed by atoms with Crippen molar-refractivity contribution in [2.75, 3.05) is 0 Å². The van der Waals surface area contributed by atoms with Crippen molar-refractivity contribution in [3.63, 3.8) is 0 Å². The van der Waals surface area contributed by atoms with Crippen molar-refractivity contribution in [1.29, 1.82) is 0 Å². The number of carboxylic acids is 1. The van der Waals surface area contributed by atoms with Gasteiger partial charge in [-0.2, -0.15) is 0 Å². The summed E-state index contributed by atoms with van der Waals surface area (Å²) < 4.78 is 2.44. The van der Waals surface area contributed by atoms with Gasteiger partial charge in [-0.1, -0.05) is 50.1 Å². The van der Waals surface area contributed by atoms with E-state index in [4.69, 9.17) is 0 Å². The highest BCUT2D eigenvalue weighted by atomic mass is 127. The van der Waals surface area contributed by atoms with Gasteiger partial charge in [0.15, 0.2) is 0 Å². The lowest BCUT2D eigenvalue weighted by Crippen LogP contribution is -2.42. The molecule has 0 aliphatic rings. The van der Waals surface area contributed by atoms with Crippen LogP contribution in [0.3, 0.4) is 0 Å². The van der Waals surface area contributed by atoms with Gasteiger partial charge in [-0.15, -0.1) is 0 Å². The summed E-state index contributed by atoms with van der Waals surface area (Å²) in [5.74, 6) is -1.49. The van der Waals surface area contributed by atoms with Crippen molar-refractivity contribution in [1.82, 2.24) is 5.32 Å². The number of carbonyl (C=O) groups excluding carboxylic acids is 1. The Morgan fingerprint density at radius 2 is 1.74 bits per heavy atom. The second-order valence-electron chi connectivity index (χ2n) is 4.82. The van der Waals surface area contributed by atoms with Crippen LogP contribution in [0.2, 0.25) is 0 Å². The Morgan fingerprint density at radius 3 is 2.30 bits per heavy atom. The number of carboxylic acid groups (broad SMARTS) is 1. The highest BCUT2D eigenvalue weighted by Crippen LogP contribution is 2.20. The smallest absolute Gasteiger partial charge is 0.326 e. The third-order valence-corrected chi connectivity index (χ3v) is 5.08. The van der Waals surface area contributed by atoms with Crippen molar-refractivity contribution in [3.8, 4) is 0 Å². The molecule has 0 bridgehead atoms. The Hall–Kier alpha value is -0.930. The molecule has 120 valence electrons. The predicted octanol–water partition coefficient (Wildman–Crippen LogP) is 4.24. The molecule has 1 amide bonds. The molecule has 23 heavy (non-hydrogen) atoms. The zero-order chi connectivity index (χ0) is 17.0. The molecule has 0 aliphatic heterocycles. The van der Waals surface area contributed by atoms with E-state index < -0.39 is 17.9 Å². The summed E-state index contributed by atoms with van der Waals surface area (Å²) in [5.41, 5.74) is 1.27. The van der Waals surface area contributed by atoms with Crippen LogP contribution >= 0.6 is 54.5 Å². The van der Waals surface area contributed by atoms with Crippen molar-refractivity contribution in [3.05, 3.63) is 66.1 Å². The van der Waals surface area contributed by atoms with Gasteiger partial charge in [-0.05, 0) is 52.4 Å². The first kappa shape index (κ1) is 18.4. The van der Waals surface area contributed by atoms with E-state index in [9.17, 15) is 14.7 Å². The number of hydrogen-bond donors (Lipinski definition) is 2. The molecule has 2 aromatic rings. The minimum absolute atomic E-state index is 0.232. The number of carbonyl (C=O) groups is 2. The van der Waals surface area contributed by atoms with Gasteiger partial charge in [0.2, 0.25) is 0 Å². The van der Waals surface area contributed by atoms with E-state index in [0.29, 0.717) is 5.56 Å². The highest BCUT2D eigenvalue weighted by molar-refractivity contribution is 14.1. The topological polar surface area (TPSA) is 66.4 Å². The van der Waals surface area contributed by atoms with Crippen LogP contribution in [0.5, 0.6) is 0 Å². The molecule has 0 heterocycles. The lowest BCUT2D eigenvalue weighted by atomic mass is 10.1. The number of benzene rings is 2. The molecule has 0 spiro atoms. The Balaban J connectivity index is 2.18. The van der Waals surface area contributed by atoms with Crippen LogP contribution in [-0.4, -0.2) is 23.0 Å². The quantitative estimate of drug-likeness (QED) is 0.545. The molecule has 2 rings (SSSR count). The van der Waals surface area contributed by atoms with Crippen LogP contribution in [0.15, 0.2) is 51.4 Å². The molecule has 0 fully saturated rings. The second kappa shape index (κ2) is 8.25. The van der Waals surface area contributed by atoms with Crippen LogP contribution in [0, 0.1) is 3.57 Å². The fourth-order valence-electron chi connectivity index (χ4n) is 2.01. The van der Waals surface area contributed by atoms with E-state index in [0.717, 1.165) is 18.1 Å². The first-order valence-corrected chi connectivity index (χ1v) is 9.26. The van der Waals surface area contributed by atoms with Gasteiger partial charge in [0.1, 0.15) is 6.04 Å². The zero-order valence-electron chi connectivity index (χ0n) is 11.7. The molecular formula is C16H12Br2INO3. The largest absolute Gasteiger partial charge is 0.480 e. The molecule has 2 aromatic carbocycles. The van der Waals surface area contributed by atoms with E-state index in [1.165, 1.54) is 0 Å². The number of hydrogen-bond acceptors (Lipinski definition) is 2. The lowest BCUT2D eigenvalue weighted by Gasteiger charge is -2.16. The SMILES string of the molecule is O=C(N[C@@H](Cc1ccccc1I)C(=O)O)c1cc(Br)cc(Br)c1. The number of nitrogens with one attached hydrogen (secondary N) is 1. The average molecular weight is 553 g/mol. The Labute approximate surface area is 164 Å². The summed E-state index contributed by atoms with van der Waals surface area (Å²) in [6, 6.07) is 11.6. The molecule has 0 aliphatic carbocycles. The van der Waals surface area contributed by atoms with Crippen LogP contribution < -0.4 is 5.32 Å². The van der Waals surface area contributed by atoms with Gasteiger partial charge in [-0.3, -0.25) is 4.79 Å². The number of aliphatic carboxylic acids is 1. The van der Waals surface area contributed by atoms with E-state index in [1.54, 1.807) is 18.2 Å². The van der Waals surface area contributed by atoms with E-state index in [-0.39, 0.29) is 6.42 Å². The molecule has 0 unspecified atom stereocenters. The monoisotopic (exact) mass is 551 g/mol. The molecule has 0 aromatic heterocycles. The first-order chi connectivity index (χ1) is 10.9. The van der Waals surface area contributed by atoms with Gasteiger partial charge < -0.3 is 10.4 Å². The Bertz CT molecular complexity index is 732. The van der Waals surface area contributed by atoms with Crippen molar-refractivity contribution >= 4 is 66.3 Å². The van der Waals surface area contributed by atoms with E-state index in [1.807, 2.05) is 24.3 Å². The maximum atomic E-state index is 12.3. The molecule has 0 radical (unpaired) electrons. The van der Waals surface area contributed by atoms with Crippen LogP contribution in [0.4, 0.5) is 0 Å². The summed E-state index contributed by atoms with van der Waals surface area (Å²) in [7, 11) is 0. The number of halogens is 3. The van der Waals surface area contributed by atoms with Crippen LogP contribution in [-0.2, 0) is 11.2 Å². The number of rotatable bonds is 5. The van der Waals surface area contributed by atoms with Gasteiger partial charge >= 0.3 is 5.97 Å². The molecule has 2 N–H and O–H groups in total. The third kappa shape index (κ3) is 5.29. The lowest BCUT2D eigenvalue weighted by molar-refractivity contribution is -0.139. The van der Waals surface area contributed by atoms with Crippen LogP contribution in [0.25, 0.3) is 0 Å². The van der Waals surface area contributed by atoms with Gasteiger partial charge in [0.05, 0.1) is 0 Å². The molecule has 0 saturated heterocycles. The zero-order valence-corrected chi connectivity index (χ0v) is 17.1. The van der Waals surface area contributed by atoms with E-state index >= 15 is 0 Å². The molecular weight excluding hydrogens is 541 g/mol. The third-order valence-electron chi connectivity index (χ3n) is 3.11. The van der Waals surface area contributed by atoms with Crippen molar-refractivity contribution in [2.45, 2.75) is 12.5 Å². The fraction of sp³-hybridized carbons (Fsp3) is 0.125. The fourth-order valence-corrected chi connectivity index (χ4v) is 3.91. The summed E-state index contributed by atoms with van der Waals surface area (Å²) in [4.78, 5) is 23.8. The molecule has 0 saturated carbocycles.